The van der Waals surface area contributed by atoms with Gasteiger partial charge < -0.3 is 19.9 Å². The van der Waals surface area contributed by atoms with Crippen molar-refractivity contribution in [3.8, 4) is 5.75 Å². The van der Waals surface area contributed by atoms with Gasteiger partial charge in [-0.05, 0) is 38.5 Å². The fourth-order valence-electron chi connectivity index (χ4n) is 1.69. The number of hydrogen-bond donors (Lipinski definition) is 2. The third-order valence-corrected chi connectivity index (χ3v) is 2.69. The van der Waals surface area contributed by atoms with Gasteiger partial charge in [-0.2, -0.15) is 0 Å². The third kappa shape index (κ3) is 5.04. The van der Waals surface area contributed by atoms with E-state index < -0.39 is 0 Å². The molecule has 102 valence electrons. The predicted molar refractivity (Wildman–Crippen MR) is 71.6 cm³/mol. The molecular formula is C14H23NO3. The Balaban J connectivity index is 2.43. The lowest BCUT2D eigenvalue weighted by atomic mass is 10.1. The molecule has 0 aliphatic rings. The van der Waals surface area contributed by atoms with Crippen LogP contribution in [0.2, 0.25) is 0 Å². The average molecular weight is 253 g/mol. The summed E-state index contributed by atoms with van der Waals surface area (Å²) in [5.41, 5.74) is 1.12. The molecule has 0 amide bonds. The normalized spacial score (nSPS) is 12.9. The number of aromatic hydroxyl groups is 1. The Kier molecular flexibility index (Phi) is 6.72. The Morgan fingerprint density at radius 1 is 1.11 bits per heavy atom. The summed E-state index contributed by atoms with van der Waals surface area (Å²) >= 11 is 0. The molecule has 1 atom stereocenters. The van der Waals surface area contributed by atoms with Gasteiger partial charge in [-0.15, -0.1) is 0 Å². The third-order valence-electron chi connectivity index (χ3n) is 2.69. The van der Waals surface area contributed by atoms with Crippen LogP contribution in [-0.2, 0) is 9.47 Å². The molecule has 1 unspecified atom stereocenters. The summed E-state index contributed by atoms with van der Waals surface area (Å²) in [5.74, 6) is 0.285. The van der Waals surface area contributed by atoms with E-state index in [0.29, 0.717) is 19.8 Å². The lowest BCUT2D eigenvalue weighted by molar-refractivity contribution is -0.133. The van der Waals surface area contributed by atoms with Gasteiger partial charge in [0.1, 0.15) is 5.75 Å². The molecule has 0 saturated heterocycles. The van der Waals surface area contributed by atoms with Crippen molar-refractivity contribution in [3.05, 3.63) is 29.8 Å². The van der Waals surface area contributed by atoms with Gasteiger partial charge in [0.2, 0.25) is 0 Å². The second-order valence-electron chi connectivity index (χ2n) is 4.06. The highest BCUT2D eigenvalue weighted by Crippen LogP contribution is 2.16. The summed E-state index contributed by atoms with van der Waals surface area (Å²) in [7, 11) is 0. The maximum atomic E-state index is 9.24. The first kappa shape index (κ1) is 15.0. The second-order valence-corrected chi connectivity index (χ2v) is 4.06. The molecule has 0 aliphatic carbocycles. The molecule has 4 heteroatoms. The van der Waals surface area contributed by atoms with E-state index in [1.807, 2.05) is 26.0 Å². The minimum atomic E-state index is -0.209. The summed E-state index contributed by atoms with van der Waals surface area (Å²) in [5, 5.41) is 12.6. The van der Waals surface area contributed by atoms with Crippen LogP contribution in [0.5, 0.6) is 5.75 Å². The summed E-state index contributed by atoms with van der Waals surface area (Å²) in [6, 6.07) is 7.38. The number of phenols is 1. The Morgan fingerprint density at radius 2 is 1.67 bits per heavy atom. The highest BCUT2D eigenvalue weighted by Gasteiger charge is 2.11. The number of hydrogen-bond acceptors (Lipinski definition) is 4. The molecule has 0 aliphatic heterocycles. The Bertz CT molecular complexity index is 320. The van der Waals surface area contributed by atoms with Crippen LogP contribution in [0.1, 0.15) is 32.4 Å². The van der Waals surface area contributed by atoms with Crippen molar-refractivity contribution in [2.75, 3.05) is 19.8 Å². The zero-order chi connectivity index (χ0) is 13.4. The quantitative estimate of drug-likeness (QED) is 0.699. The maximum Gasteiger partial charge on any atom is 0.169 e. The van der Waals surface area contributed by atoms with Crippen molar-refractivity contribution in [1.82, 2.24) is 5.32 Å². The molecule has 1 aromatic rings. The molecule has 0 fully saturated rings. The van der Waals surface area contributed by atoms with Crippen LogP contribution in [0.15, 0.2) is 24.3 Å². The van der Waals surface area contributed by atoms with Crippen LogP contribution in [0, 0.1) is 0 Å². The monoisotopic (exact) mass is 253 g/mol. The van der Waals surface area contributed by atoms with Crippen molar-refractivity contribution >= 4 is 0 Å². The van der Waals surface area contributed by atoms with Crippen LogP contribution in [0.25, 0.3) is 0 Å². The first-order valence-electron chi connectivity index (χ1n) is 6.42. The van der Waals surface area contributed by atoms with Crippen LogP contribution >= 0.6 is 0 Å². The molecule has 1 rings (SSSR count). The summed E-state index contributed by atoms with van der Waals surface area (Å²) < 4.78 is 10.9. The molecule has 0 aromatic heterocycles. The standard InChI is InChI=1S/C14H23NO3/c1-4-17-14(18-5-2)10-15-11(3)12-6-8-13(16)9-7-12/h6-9,11,14-16H,4-5,10H2,1-3H3. The first-order chi connectivity index (χ1) is 8.67. The number of benzene rings is 1. The summed E-state index contributed by atoms with van der Waals surface area (Å²) in [4.78, 5) is 0. The van der Waals surface area contributed by atoms with Gasteiger partial charge >= 0.3 is 0 Å². The van der Waals surface area contributed by atoms with E-state index in [2.05, 4.69) is 12.2 Å². The Morgan fingerprint density at radius 3 is 2.17 bits per heavy atom. The van der Waals surface area contributed by atoms with E-state index in [9.17, 15) is 5.11 Å². The van der Waals surface area contributed by atoms with Crippen molar-refractivity contribution in [2.24, 2.45) is 0 Å². The van der Waals surface area contributed by atoms with Gasteiger partial charge in [-0.1, -0.05) is 12.1 Å². The van der Waals surface area contributed by atoms with Crippen molar-refractivity contribution in [2.45, 2.75) is 33.1 Å². The first-order valence-corrected chi connectivity index (χ1v) is 6.42. The molecule has 2 N–H and O–H groups in total. The van der Waals surface area contributed by atoms with E-state index in [1.54, 1.807) is 12.1 Å². The van der Waals surface area contributed by atoms with Crippen LogP contribution < -0.4 is 5.32 Å². The smallest absolute Gasteiger partial charge is 0.169 e. The van der Waals surface area contributed by atoms with Crippen LogP contribution in [0.3, 0.4) is 0 Å². The SMILES string of the molecule is CCOC(CNC(C)c1ccc(O)cc1)OCC. The van der Waals surface area contributed by atoms with Crippen LogP contribution in [0.4, 0.5) is 0 Å². The minimum absolute atomic E-state index is 0.189. The lowest BCUT2D eigenvalue weighted by Crippen LogP contribution is -2.33. The zero-order valence-corrected chi connectivity index (χ0v) is 11.3. The molecule has 1 aromatic carbocycles. The fourth-order valence-corrected chi connectivity index (χ4v) is 1.69. The molecule has 0 spiro atoms. The van der Waals surface area contributed by atoms with E-state index in [-0.39, 0.29) is 18.1 Å². The van der Waals surface area contributed by atoms with Gasteiger partial charge in [0.05, 0.1) is 0 Å². The van der Waals surface area contributed by atoms with Gasteiger partial charge in [-0.25, -0.2) is 0 Å². The highest BCUT2D eigenvalue weighted by molar-refractivity contribution is 5.27. The van der Waals surface area contributed by atoms with Gasteiger partial charge in [0.15, 0.2) is 6.29 Å². The maximum absolute atomic E-state index is 9.24. The van der Waals surface area contributed by atoms with Gasteiger partial charge in [0.25, 0.3) is 0 Å². The lowest BCUT2D eigenvalue weighted by Gasteiger charge is -2.21. The van der Waals surface area contributed by atoms with Gasteiger partial charge in [-0.3, -0.25) is 0 Å². The predicted octanol–water partition coefficient (Wildman–Crippen LogP) is 2.44. The average Bonchev–Trinajstić information content (AvgIpc) is 2.37. The minimum Gasteiger partial charge on any atom is -0.508 e. The highest BCUT2D eigenvalue weighted by atomic mass is 16.7. The van der Waals surface area contributed by atoms with E-state index in [1.165, 1.54) is 0 Å². The molecule has 18 heavy (non-hydrogen) atoms. The van der Waals surface area contributed by atoms with Crippen molar-refractivity contribution in [3.63, 3.8) is 0 Å². The Hall–Kier alpha value is -1.10. The second kappa shape index (κ2) is 8.08. The van der Waals surface area contributed by atoms with E-state index in [0.717, 1.165) is 5.56 Å². The number of phenolic OH excluding ortho intramolecular Hbond substituents is 1. The van der Waals surface area contributed by atoms with Crippen LogP contribution in [-0.4, -0.2) is 31.2 Å². The molecular weight excluding hydrogens is 230 g/mol. The molecule has 0 saturated carbocycles. The molecule has 0 radical (unpaired) electrons. The molecule has 4 nitrogen and oxygen atoms in total. The largest absolute Gasteiger partial charge is 0.508 e. The van der Waals surface area contributed by atoms with E-state index >= 15 is 0 Å². The van der Waals surface area contributed by atoms with Crippen molar-refractivity contribution in [1.29, 1.82) is 0 Å². The van der Waals surface area contributed by atoms with Gasteiger partial charge in [0, 0.05) is 25.8 Å². The summed E-state index contributed by atoms with van der Waals surface area (Å²) in [6.07, 6.45) is -0.209. The van der Waals surface area contributed by atoms with Crippen molar-refractivity contribution < 1.29 is 14.6 Å². The zero-order valence-electron chi connectivity index (χ0n) is 11.3. The molecule has 0 heterocycles. The fraction of sp³-hybridized carbons (Fsp3) is 0.571. The Labute approximate surface area is 109 Å². The topological polar surface area (TPSA) is 50.7 Å². The molecule has 0 bridgehead atoms. The number of nitrogens with one attached hydrogen (secondary N) is 1. The summed E-state index contributed by atoms with van der Waals surface area (Å²) in [6.45, 7) is 7.90. The van der Waals surface area contributed by atoms with E-state index in [4.69, 9.17) is 9.47 Å². The number of ether oxygens (including phenoxy) is 2. The number of rotatable bonds is 8.